The molecule has 0 aromatic heterocycles. The van der Waals surface area contributed by atoms with Crippen molar-refractivity contribution in [3.8, 4) is 0 Å². The lowest BCUT2D eigenvalue weighted by atomic mass is 9.96. The zero-order valence-electron chi connectivity index (χ0n) is 6.72. The third kappa shape index (κ3) is 2.38. The predicted molar refractivity (Wildman–Crippen MR) is 41.2 cm³/mol. The molecule has 0 aromatic rings. The number of carbonyl (C=O) groups is 1. The fourth-order valence-corrected chi connectivity index (χ4v) is 1.36. The van der Waals surface area contributed by atoms with Crippen molar-refractivity contribution in [1.29, 1.82) is 0 Å². The van der Waals surface area contributed by atoms with Crippen LogP contribution in [0.2, 0.25) is 0 Å². The summed E-state index contributed by atoms with van der Waals surface area (Å²) in [6, 6.07) is 0. The van der Waals surface area contributed by atoms with Crippen molar-refractivity contribution in [3.05, 3.63) is 0 Å². The maximum absolute atomic E-state index is 10.4. The van der Waals surface area contributed by atoms with E-state index in [0.717, 1.165) is 19.4 Å². The first-order chi connectivity index (χ1) is 5.12. The summed E-state index contributed by atoms with van der Waals surface area (Å²) in [5, 5.41) is 3.15. The van der Waals surface area contributed by atoms with E-state index < -0.39 is 6.09 Å². The van der Waals surface area contributed by atoms with Crippen LogP contribution in [0.4, 0.5) is 4.79 Å². The molecular formula is C7H14N2O2. The van der Waals surface area contributed by atoms with Gasteiger partial charge in [0, 0.05) is 6.54 Å². The van der Waals surface area contributed by atoms with Gasteiger partial charge in [-0.15, -0.1) is 0 Å². The van der Waals surface area contributed by atoms with E-state index in [2.05, 4.69) is 5.32 Å². The fraction of sp³-hybridized carbons (Fsp3) is 0.857. The Balaban J connectivity index is 2.43. The highest BCUT2D eigenvalue weighted by molar-refractivity contribution is 5.65. The van der Waals surface area contributed by atoms with Crippen LogP contribution in [0.25, 0.3) is 0 Å². The minimum atomic E-state index is -0.684. The minimum absolute atomic E-state index is 0.385. The lowest BCUT2D eigenvalue weighted by molar-refractivity contribution is 0.0131. The summed E-state index contributed by atoms with van der Waals surface area (Å²) in [5.41, 5.74) is 4.53. The number of hydrogen-bond donors (Lipinski definition) is 2. The van der Waals surface area contributed by atoms with E-state index >= 15 is 0 Å². The maximum atomic E-state index is 10.4. The highest BCUT2D eigenvalue weighted by Gasteiger charge is 2.29. The summed E-state index contributed by atoms with van der Waals surface area (Å²) in [5.74, 6) is 0. The van der Waals surface area contributed by atoms with E-state index in [1.54, 1.807) is 0 Å². The first kappa shape index (κ1) is 8.33. The van der Waals surface area contributed by atoms with Gasteiger partial charge in [-0.25, -0.2) is 4.79 Å². The monoisotopic (exact) mass is 158 g/mol. The van der Waals surface area contributed by atoms with Crippen molar-refractivity contribution >= 4 is 6.09 Å². The van der Waals surface area contributed by atoms with Gasteiger partial charge in [-0.1, -0.05) is 0 Å². The van der Waals surface area contributed by atoms with Gasteiger partial charge < -0.3 is 15.8 Å². The lowest BCUT2D eigenvalue weighted by Crippen LogP contribution is -2.47. The molecule has 0 bridgehead atoms. The summed E-state index contributed by atoms with van der Waals surface area (Å²) in [7, 11) is 0. The van der Waals surface area contributed by atoms with Crippen LogP contribution in [0.3, 0.4) is 0 Å². The Bertz CT molecular complexity index is 153. The van der Waals surface area contributed by atoms with E-state index in [0.29, 0.717) is 6.54 Å². The number of piperidine rings is 1. The Morgan fingerprint density at radius 1 is 1.73 bits per heavy atom. The second kappa shape index (κ2) is 3.09. The molecule has 64 valence electrons. The molecule has 0 saturated carbocycles. The van der Waals surface area contributed by atoms with Crippen LogP contribution in [0.1, 0.15) is 19.8 Å². The van der Waals surface area contributed by atoms with Crippen molar-refractivity contribution in [2.24, 2.45) is 5.73 Å². The Kier molecular flexibility index (Phi) is 2.34. The number of nitrogens with one attached hydrogen (secondary N) is 1. The molecule has 0 aromatic carbocycles. The molecule has 0 aliphatic carbocycles. The number of rotatable bonds is 1. The number of primary amides is 1. The summed E-state index contributed by atoms with van der Waals surface area (Å²) >= 11 is 0. The molecule has 1 aliphatic rings. The van der Waals surface area contributed by atoms with Gasteiger partial charge in [-0.2, -0.15) is 0 Å². The summed E-state index contributed by atoms with van der Waals surface area (Å²) in [6.45, 7) is 3.59. The second-order valence-corrected chi connectivity index (χ2v) is 3.15. The number of nitrogens with two attached hydrogens (primary N) is 1. The van der Waals surface area contributed by atoms with Crippen LogP contribution in [0.5, 0.6) is 0 Å². The van der Waals surface area contributed by atoms with E-state index in [4.69, 9.17) is 10.5 Å². The Morgan fingerprint density at radius 2 is 2.45 bits per heavy atom. The van der Waals surface area contributed by atoms with E-state index in [1.165, 1.54) is 0 Å². The molecule has 1 atom stereocenters. The summed E-state index contributed by atoms with van der Waals surface area (Å²) in [4.78, 5) is 10.4. The maximum Gasteiger partial charge on any atom is 0.405 e. The van der Waals surface area contributed by atoms with Crippen LogP contribution in [-0.2, 0) is 4.74 Å². The van der Waals surface area contributed by atoms with Gasteiger partial charge >= 0.3 is 6.09 Å². The molecule has 1 aliphatic heterocycles. The smallest absolute Gasteiger partial charge is 0.405 e. The number of amides is 1. The Morgan fingerprint density at radius 3 is 2.91 bits per heavy atom. The highest BCUT2D eigenvalue weighted by Crippen LogP contribution is 2.19. The predicted octanol–water partition coefficient (Wildman–Crippen LogP) is 0.224. The zero-order valence-corrected chi connectivity index (χ0v) is 6.72. The molecular weight excluding hydrogens is 144 g/mol. The average Bonchev–Trinajstić information content (AvgIpc) is 1.85. The Labute approximate surface area is 66.1 Å². The van der Waals surface area contributed by atoms with E-state index in [9.17, 15) is 4.79 Å². The molecule has 0 spiro atoms. The molecule has 11 heavy (non-hydrogen) atoms. The van der Waals surface area contributed by atoms with Crippen molar-refractivity contribution in [2.45, 2.75) is 25.4 Å². The largest absolute Gasteiger partial charge is 0.442 e. The van der Waals surface area contributed by atoms with Gasteiger partial charge in [0.1, 0.15) is 5.60 Å². The highest BCUT2D eigenvalue weighted by atomic mass is 16.6. The molecule has 0 radical (unpaired) electrons. The van der Waals surface area contributed by atoms with Crippen LogP contribution in [0.15, 0.2) is 0 Å². The normalized spacial score (nSPS) is 31.4. The molecule has 4 nitrogen and oxygen atoms in total. The number of ether oxygens (including phenoxy) is 1. The third-order valence-corrected chi connectivity index (χ3v) is 1.91. The van der Waals surface area contributed by atoms with Crippen molar-refractivity contribution in [3.63, 3.8) is 0 Å². The topological polar surface area (TPSA) is 64.3 Å². The van der Waals surface area contributed by atoms with Gasteiger partial charge in [-0.05, 0) is 26.3 Å². The van der Waals surface area contributed by atoms with Gasteiger partial charge in [0.15, 0.2) is 0 Å². The average molecular weight is 158 g/mol. The Hall–Kier alpha value is -0.770. The van der Waals surface area contributed by atoms with Crippen molar-refractivity contribution in [2.75, 3.05) is 13.1 Å². The standard InChI is InChI=1S/C7H14N2O2/c1-7(11-6(8)10)3-2-4-9-5-7/h9H,2-5H2,1H3,(H2,8,10)/t7-/m1/s1. The van der Waals surface area contributed by atoms with Crippen LogP contribution >= 0.6 is 0 Å². The summed E-state index contributed by atoms with van der Waals surface area (Å²) < 4.78 is 4.96. The summed E-state index contributed by atoms with van der Waals surface area (Å²) in [6.07, 6.45) is 1.24. The molecule has 1 fully saturated rings. The van der Waals surface area contributed by atoms with Crippen molar-refractivity contribution in [1.82, 2.24) is 5.32 Å². The second-order valence-electron chi connectivity index (χ2n) is 3.15. The SMILES string of the molecule is C[C@@]1(OC(N)=O)CCCNC1. The van der Waals surface area contributed by atoms with Gasteiger partial charge in [-0.3, -0.25) is 0 Å². The van der Waals surface area contributed by atoms with Crippen molar-refractivity contribution < 1.29 is 9.53 Å². The quantitative estimate of drug-likeness (QED) is 0.574. The minimum Gasteiger partial charge on any atom is -0.442 e. The van der Waals surface area contributed by atoms with Crippen LogP contribution in [0, 0.1) is 0 Å². The molecule has 3 N–H and O–H groups in total. The van der Waals surface area contributed by atoms with Gasteiger partial charge in [0.05, 0.1) is 0 Å². The molecule has 1 amide bonds. The van der Waals surface area contributed by atoms with Gasteiger partial charge in [0.2, 0.25) is 0 Å². The van der Waals surface area contributed by atoms with Crippen LogP contribution in [-0.4, -0.2) is 24.8 Å². The molecule has 1 saturated heterocycles. The van der Waals surface area contributed by atoms with Crippen LogP contribution < -0.4 is 11.1 Å². The third-order valence-electron chi connectivity index (χ3n) is 1.91. The van der Waals surface area contributed by atoms with E-state index in [1.807, 2.05) is 6.92 Å². The molecule has 0 unspecified atom stereocenters. The number of hydrogen-bond acceptors (Lipinski definition) is 3. The molecule has 1 rings (SSSR count). The number of carbonyl (C=O) groups excluding carboxylic acids is 1. The first-order valence-corrected chi connectivity index (χ1v) is 3.82. The van der Waals surface area contributed by atoms with Gasteiger partial charge in [0.25, 0.3) is 0 Å². The first-order valence-electron chi connectivity index (χ1n) is 3.82. The lowest BCUT2D eigenvalue weighted by Gasteiger charge is -2.32. The fourth-order valence-electron chi connectivity index (χ4n) is 1.36. The molecule has 1 heterocycles. The van der Waals surface area contributed by atoms with E-state index in [-0.39, 0.29) is 5.60 Å². The molecule has 4 heteroatoms. The zero-order chi connectivity index (χ0) is 8.32.